The lowest BCUT2D eigenvalue weighted by Crippen LogP contribution is -2.47. The van der Waals surface area contributed by atoms with Crippen LogP contribution in [0.5, 0.6) is 0 Å². The van der Waals surface area contributed by atoms with Crippen molar-refractivity contribution in [1.82, 2.24) is 10.9 Å². The molecule has 25 heavy (non-hydrogen) atoms. The zero-order valence-electron chi connectivity index (χ0n) is 14.0. The minimum atomic E-state index is -0.351. The van der Waals surface area contributed by atoms with Gasteiger partial charge in [-0.05, 0) is 59.5 Å². The summed E-state index contributed by atoms with van der Waals surface area (Å²) in [4.78, 5) is 26.4. The Morgan fingerprint density at radius 3 is 2.76 bits per heavy atom. The lowest BCUT2D eigenvalue weighted by Gasteiger charge is -2.31. The van der Waals surface area contributed by atoms with Gasteiger partial charge in [-0.1, -0.05) is 29.8 Å². The molecule has 2 aromatic rings. The molecule has 5 nitrogen and oxygen atoms in total. The van der Waals surface area contributed by atoms with Crippen LogP contribution < -0.4 is 15.8 Å². The van der Waals surface area contributed by atoms with Crippen molar-refractivity contribution in [3.63, 3.8) is 0 Å². The zero-order chi connectivity index (χ0) is 17.8. The van der Waals surface area contributed by atoms with Crippen LogP contribution in [-0.4, -0.2) is 24.9 Å². The van der Waals surface area contributed by atoms with E-state index in [-0.39, 0.29) is 18.4 Å². The first-order valence-corrected chi connectivity index (χ1v) is 9.02. The van der Waals surface area contributed by atoms with Crippen LogP contribution in [0.25, 0.3) is 0 Å². The minimum Gasteiger partial charge on any atom is -0.362 e. The van der Waals surface area contributed by atoms with Gasteiger partial charge in [0, 0.05) is 16.7 Å². The van der Waals surface area contributed by atoms with Gasteiger partial charge in [0.15, 0.2) is 0 Å². The minimum absolute atomic E-state index is 0.215. The third-order valence-electron chi connectivity index (χ3n) is 4.22. The molecule has 130 valence electrons. The van der Waals surface area contributed by atoms with E-state index in [1.807, 2.05) is 6.07 Å². The predicted molar refractivity (Wildman–Crippen MR) is 101 cm³/mol. The number of rotatable bonds is 3. The van der Waals surface area contributed by atoms with Gasteiger partial charge >= 0.3 is 0 Å². The second-order valence-corrected chi connectivity index (χ2v) is 6.99. The van der Waals surface area contributed by atoms with Crippen molar-refractivity contribution in [2.45, 2.75) is 19.8 Å². The SMILES string of the molecule is Cc1ccc2c(c1)CCCN2CC(=O)NNC(=O)c1ccccc1Br. The fourth-order valence-corrected chi connectivity index (χ4v) is 3.48. The highest BCUT2D eigenvalue weighted by molar-refractivity contribution is 9.10. The van der Waals surface area contributed by atoms with Gasteiger partial charge in [0.05, 0.1) is 12.1 Å². The van der Waals surface area contributed by atoms with Crippen molar-refractivity contribution in [3.8, 4) is 0 Å². The maximum Gasteiger partial charge on any atom is 0.270 e. The number of nitrogens with one attached hydrogen (secondary N) is 2. The molecule has 1 aliphatic rings. The quantitative estimate of drug-likeness (QED) is 0.777. The first kappa shape index (κ1) is 17.5. The summed E-state index contributed by atoms with van der Waals surface area (Å²) in [5, 5.41) is 0. The number of amides is 2. The van der Waals surface area contributed by atoms with Gasteiger partial charge in [-0.15, -0.1) is 0 Å². The van der Waals surface area contributed by atoms with Crippen LogP contribution in [0, 0.1) is 6.92 Å². The van der Waals surface area contributed by atoms with E-state index in [4.69, 9.17) is 0 Å². The van der Waals surface area contributed by atoms with Gasteiger partial charge < -0.3 is 4.90 Å². The van der Waals surface area contributed by atoms with Crippen LogP contribution in [-0.2, 0) is 11.2 Å². The summed E-state index contributed by atoms with van der Waals surface area (Å²) in [6.45, 7) is 3.12. The average molecular weight is 402 g/mol. The van der Waals surface area contributed by atoms with Crippen molar-refractivity contribution in [1.29, 1.82) is 0 Å². The van der Waals surface area contributed by atoms with Crippen molar-refractivity contribution < 1.29 is 9.59 Å². The smallest absolute Gasteiger partial charge is 0.270 e. The monoisotopic (exact) mass is 401 g/mol. The molecule has 6 heteroatoms. The van der Waals surface area contributed by atoms with Gasteiger partial charge in [-0.3, -0.25) is 20.4 Å². The van der Waals surface area contributed by atoms with Crippen LogP contribution in [0.2, 0.25) is 0 Å². The molecule has 0 bridgehead atoms. The summed E-state index contributed by atoms with van der Waals surface area (Å²) in [6, 6.07) is 13.4. The Hall–Kier alpha value is -2.34. The fraction of sp³-hybridized carbons (Fsp3) is 0.263. The third kappa shape index (κ3) is 4.20. The van der Waals surface area contributed by atoms with E-state index in [9.17, 15) is 9.59 Å². The molecule has 0 atom stereocenters. The van der Waals surface area contributed by atoms with Gasteiger partial charge in [-0.2, -0.15) is 0 Å². The molecule has 0 aliphatic carbocycles. The Kier molecular flexibility index (Phi) is 5.38. The molecular formula is C19H20BrN3O2. The second kappa shape index (κ2) is 7.70. The highest BCUT2D eigenvalue weighted by Crippen LogP contribution is 2.27. The van der Waals surface area contributed by atoms with E-state index >= 15 is 0 Å². The molecule has 2 amide bonds. The Morgan fingerprint density at radius 1 is 1.16 bits per heavy atom. The largest absolute Gasteiger partial charge is 0.362 e. The van der Waals surface area contributed by atoms with E-state index in [2.05, 4.69) is 56.8 Å². The molecule has 0 saturated heterocycles. The van der Waals surface area contributed by atoms with Gasteiger partial charge in [0.25, 0.3) is 11.8 Å². The number of carbonyl (C=O) groups excluding carboxylic acids is 2. The van der Waals surface area contributed by atoms with Crippen LogP contribution in [0.4, 0.5) is 5.69 Å². The maximum absolute atomic E-state index is 12.2. The molecule has 0 saturated carbocycles. The molecule has 1 aliphatic heterocycles. The zero-order valence-corrected chi connectivity index (χ0v) is 15.6. The molecule has 2 aromatic carbocycles. The number of anilines is 1. The number of halogens is 1. The third-order valence-corrected chi connectivity index (χ3v) is 4.91. The average Bonchev–Trinajstić information content (AvgIpc) is 2.60. The van der Waals surface area contributed by atoms with Gasteiger partial charge in [0.2, 0.25) is 0 Å². The molecule has 0 radical (unpaired) electrons. The number of hydrazine groups is 1. The summed E-state index contributed by atoms with van der Waals surface area (Å²) in [7, 11) is 0. The molecule has 0 unspecified atom stereocenters. The number of nitrogens with zero attached hydrogens (tertiary/aromatic N) is 1. The van der Waals surface area contributed by atoms with Crippen molar-refractivity contribution in [2.75, 3.05) is 18.0 Å². The summed E-state index contributed by atoms with van der Waals surface area (Å²) < 4.78 is 0.682. The first-order chi connectivity index (χ1) is 12.0. The summed E-state index contributed by atoms with van der Waals surface area (Å²) >= 11 is 3.33. The van der Waals surface area contributed by atoms with Gasteiger partial charge in [0.1, 0.15) is 0 Å². The van der Waals surface area contributed by atoms with Crippen LogP contribution in [0.1, 0.15) is 27.9 Å². The highest BCUT2D eigenvalue weighted by atomic mass is 79.9. The Balaban J connectivity index is 1.59. The van der Waals surface area contributed by atoms with Crippen molar-refractivity contribution >= 4 is 33.4 Å². The number of fused-ring (bicyclic) bond motifs is 1. The van der Waals surface area contributed by atoms with Crippen LogP contribution >= 0.6 is 15.9 Å². The van der Waals surface area contributed by atoms with Gasteiger partial charge in [-0.25, -0.2) is 0 Å². The molecule has 0 fully saturated rings. The molecular weight excluding hydrogens is 382 g/mol. The molecule has 2 N–H and O–H groups in total. The Bertz CT molecular complexity index is 807. The highest BCUT2D eigenvalue weighted by Gasteiger charge is 2.19. The summed E-state index contributed by atoms with van der Waals surface area (Å²) in [5.41, 5.74) is 9.04. The topological polar surface area (TPSA) is 61.4 Å². The maximum atomic E-state index is 12.2. The Morgan fingerprint density at radius 2 is 1.96 bits per heavy atom. The molecule has 3 rings (SSSR count). The lowest BCUT2D eigenvalue weighted by atomic mass is 9.99. The number of hydrogen-bond donors (Lipinski definition) is 2. The molecule has 0 aromatic heterocycles. The summed E-state index contributed by atoms with van der Waals surface area (Å²) in [5.74, 6) is -0.593. The number of carbonyl (C=O) groups is 2. The predicted octanol–water partition coefficient (Wildman–Crippen LogP) is 2.97. The van der Waals surface area contributed by atoms with E-state index < -0.39 is 0 Å². The van der Waals surface area contributed by atoms with E-state index in [0.29, 0.717) is 10.0 Å². The fourth-order valence-electron chi connectivity index (χ4n) is 3.02. The van der Waals surface area contributed by atoms with E-state index in [0.717, 1.165) is 25.1 Å². The normalized spacial score (nSPS) is 13.1. The van der Waals surface area contributed by atoms with E-state index in [1.54, 1.807) is 18.2 Å². The number of benzene rings is 2. The van der Waals surface area contributed by atoms with Crippen LogP contribution in [0.15, 0.2) is 46.9 Å². The number of hydrogen-bond acceptors (Lipinski definition) is 3. The lowest BCUT2D eigenvalue weighted by molar-refractivity contribution is -0.120. The second-order valence-electron chi connectivity index (χ2n) is 6.14. The van der Waals surface area contributed by atoms with E-state index in [1.165, 1.54) is 11.1 Å². The summed E-state index contributed by atoms with van der Waals surface area (Å²) in [6.07, 6.45) is 2.06. The van der Waals surface area contributed by atoms with Crippen molar-refractivity contribution in [3.05, 3.63) is 63.6 Å². The Labute approximate surface area is 155 Å². The number of aryl methyl sites for hydroxylation is 2. The van der Waals surface area contributed by atoms with Crippen molar-refractivity contribution in [2.24, 2.45) is 0 Å². The standard InChI is InChI=1S/C19H20BrN3O2/c1-13-8-9-17-14(11-13)5-4-10-23(17)12-18(24)21-22-19(25)15-6-2-3-7-16(15)20/h2-3,6-9,11H,4-5,10,12H2,1H3,(H,21,24)(H,22,25). The van der Waals surface area contributed by atoms with Crippen LogP contribution in [0.3, 0.4) is 0 Å². The first-order valence-electron chi connectivity index (χ1n) is 8.23. The molecule has 1 heterocycles. The molecule has 0 spiro atoms.